The number of nitrogens with zero attached hydrogens (tertiary/aromatic N) is 2. The van der Waals surface area contributed by atoms with E-state index in [2.05, 4.69) is 4.98 Å². The van der Waals surface area contributed by atoms with Crippen LogP contribution in [0.25, 0.3) is 0 Å². The van der Waals surface area contributed by atoms with Crippen LogP contribution >= 0.6 is 0 Å². The van der Waals surface area contributed by atoms with Gasteiger partial charge in [-0.3, -0.25) is 0 Å². The van der Waals surface area contributed by atoms with Crippen LogP contribution in [-0.4, -0.2) is 10.1 Å². The van der Waals surface area contributed by atoms with E-state index in [1.54, 1.807) is 13.0 Å². The molecule has 0 amide bonds. The van der Waals surface area contributed by atoms with Crippen molar-refractivity contribution in [3.05, 3.63) is 47.4 Å². The van der Waals surface area contributed by atoms with Crippen molar-refractivity contribution >= 4 is 0 Å². The van der Waals surface area contributed by atoms with E-state index in [1.807, 2.05) is 6.07 Å². The lowest BCUT2D eigenvalue weighted by atomic mass is 10.1. The van der Waals surface area contributed by atoms with Crippen LogP contribution in [-0.2, 0) is 0 Å². The largest absolute Gasteiger partial charge is 0.506 e. The highest BCUT2D eigenvalue weighted by Gasteiger charge is 2.13. The van der Waals surface area contributed by atoms with Crippen molar-refractivity contribution in [2.45, 2.75) is 6.92 Å². The van der Waals surface area contributed by atoms with E-state index in [1.165, 1.54) is 24.4 Å². The molecule has 0 aliphatic rings. The molecule has 18 heavy (non-hydrogen) atoms. The van der Waals surface area contributed by atoms with Crippen molar-refractivity contribution in [2.75, 3.05) is 0 Å². The topological polar surface area (TPSA) is 66.1 Å². The number of rotatable bonds is 2. The van der Waals surface area contributed by atoms with Gasteiger partial charge in [0.15, 0.2) is 0 Å². The molecule has 2 rings (SSSR count). The third-order valence-electron chi connectivity index (χ3n) is 2.40. The Morgan fingerprint density at radius 2 is 2.22 bits per heavy atom. The van der Waals surface area contributed by atoms with E-state index in [0.29, 0.717) is 5.56 Å². The molecule has 90 valence electrons. The lowest BCUT2D eigenvalue weighted by molar-refractivity contribution is 0.440. The summed E-state index contributed by atoms with van der Waals surface area (Å²) in [5.41, 5.74) is 0.498. The molecular formula is C13H9FN2O2. The number of aromatic nitrogens is 1. The zero-order chi connectivity index (χ0) is 13.1. The summed E-state index contributed by atoms with van der Waals surface area (Å²) in [6.07, 6.45) is 1.19. The Morgan fingerprint density at radius 1 is 1.44 bits per heavy atom. The average Bonchev–Trinajstić information content (AvgIpc) is 2.34. The summed E-state index contributed by atoms with van der Waals surface area (Å²) < 4.78 is 18.3. The van der Waals surface area contributed by atoms with Crippen molar-refractivity contribution in [3.63, 3.8) is 0 Å². The van der Waals surface area contributed by atoms with Crippen LogP contribution < -0.4 is 4.74 Å². The van der Waals surface area contributed by atoms with Gasteiger partial charge in [0.05, 0.1) is 6.20 Å². The summed E-state index contributed by atoms with van der Waals surface area (Å²) in [5.74, 6) is -0.248. The second kappa shape index (κ2) is 4.72. The molecule has 0 radical (unpaired) electrons. The summed E-state index contributed by atoms with van der Waals surface area (Å²) in [7, 11) is 0. The smallest absolute Gasteiger partial charge is 0.237 e. The van der Waals surface area contributed by atoms with Crippen LogP contribution in [0, 0.1) is 24.1 Å². The molecule has 1 aromatic carbocycles. The van der Waals surface area contributed by atoms with Gasteiger partial charge < -0.3 is 9.84 Å². The Morgan fingerprint density at radius 3 is 2.89 bits per heavy atom. The molecule has 5 heteroatoms. The van der Waals surface area contributed by atoms with Gasteiger partial charge in [-0.1, -0.05) is 6.07 Å². The third-order valence-corrected chi connectivity index (χ3v) is 2.40. The molecule has 1 aromatic heterocycles. The fourth-order valence-corrected chi connectivity index (χ4v) is 1.42. The van der Waals surface area contributed by atoms with Crippen LogP contribution in [0.2, 0.25) is 0 Å². The van der Waals surface area contributed by atoms with E-state index in [-0.39, 0.29) is 22.9 Å². The quantitative estimate of drug-likeness (QED) is 0.882. The molecule has 0 aliphatic heterocycles. The second-order valence-corrected chi connectivity index (χ2v) is 3.62. The molecule has 0 unspecified atom stereocenters. The van der Waals surface area contributed by atoms with Crippen LogP contribution in [0.15, 0.2) is 30.5 Å². The van der Waals surface area contributed by atoms with E-state index in [0.717, 1.165) is 0 Å². The van der Waals surface area contributed by atoms with Gasteiger partial charge in [0.25, 0.3) is 0 Å². The molecule has 2 aromatic rings. The maximum Gasteiger partial charge on any atom is 0.237 e. The number of pyridine rings is 1. The molecule has 0 saturated heterocycles. The zero-order valence-electron chi connectivity index (χ0n) is 9.51. The fourth-order valence-electron chi connectivity index (χ4n) is 1.42. The van der Waals surface area contributed by atoms with E-state index in [9.17, 15) is 9.50 Å². The van der Waals surface area contributed by atoms with E-state index >= 15 is 0 Å². The lowest BCUT2D eigenvalue weighted by Gasteiger charge is -2.08. The summed E-state index contributed by atoms with van der Waals surface area (Å²) in [6.45, 7) is 1.58. The van der Waals surface area contributed by atoms with Gasteiger partial charge in [0.1, 0.15) is 28.9 Å². The Kier molecular flexibility index (Phi) is 3.11. The first-order valence-electron chi connectivity index (χ1n) is 5.14. The van der Waals surface area contributed by atoms with Crippen molar-refractivity contribution in [2.24, 2.45) is 0 Å². The van der Waals surface area contributed by atoms with Crippen LogP contribution in [0.1, 0.15) is 11.1 Å². The normalized spacial score (nSPS) is 9.83. The number of aromatic hydroxyl groups is 1. The summed E-state index contributed by atoms with van der Waals surface area (Å²) >= 11 is 0. The highest BCUT2D eigenvalue weighted by molar-refractivity contribution is 5.50. The molecular weight excluding hydrogens is 235 g/mol. The number of hydrogen-bond acceptors (Lipinski definition) is 4. The number of nitriles is 1. The predicted molar refractivity (Wildman–Crippen MR) is 61.8 cm³/mol. The van der Waals surface area contributed by atoms with E-state index in [4.69, 9.17) is 10.00 Å². The minimum absolute atomic E-state index is 0.0402. The SMILES string of the molecule is Cc1c(O)cnc(Oc2cccc(F)c2)c1C#N. The van der Waals surface area contributed by atoms with Gasteiger partial charge in [0.2, 0.25) is 5.88 Å². The van der Waals surface area contributed by atoms with Gasteiger partial charge in [-0.25, -0.2) is 9.37 Å². The van der Waals surface area contributed by atoms with Crippen molar-refractivity contribution in [1.82, 2.24) is 4.98 Å². The minimum Gasteiger partial charge on any atom is -0.506 e. The van der Waals surface area contributed by atoms with Crippen LogP contribution in [0.4, 0.5) is 4.39 Å². The zero-order valence-corrected chi connectivity index (χ0v) is 9.51. The number of benzene rings is 1. The first kappa shape index (κ1) is 11.9. The van der Waals surface area contributed by atoms with Crippen molar-refractivity contribution in [1.29, 1.82) is 5.26 Å². The highest BCUT2D eigenvalue weighted by Crippen LogP contribution is 2.29. The molecule has 0 fully saturated rings. The van der Waals surface area contributed by atoms with E-state index < -0.39 is 5.82 Å². The number of ether oxygens (including phenoxy) is 1. The predicted octanol–water partition coefficient (Wildman–Crippen LogP) is 2.90. The minimum atomic E-state index is -0.443. The number of halogens is 1. The summed E-state index contributed by atoms with van der Waals surface area (Å²) in [5, 5.41) is 18.4. The Hall–Kier alpha value is -2.61. The van der Waals surface area contributed by atoms with Gasteiger partial charge in [-0.2, -0.15) is 5.26 Å². The maximum atomic E-state index is 13.0. The molecule has 0 bridgehead atoms. The van der Waals surface area contributed by atoms with Crippen molar-refractivity contribution < 1.29 is 14.2 Å². The third kappa shape index (κ3) is 2.23. The highest BCUT2D eigenvalue weighted by atomic mass is 19.1. The molecule has 1 heterocycles. The maximum absolute atomic E-state index is 13.0. The number of hydrogen-bond donors (Lipinski definition) is 1. The molecule has 0 saturated carbocycles. The second-order valence-electron chi connectivity index (χ2n) is 3.62. The molecule has 0 atom stereocenters. The van der Waals surface area contributed by atoms with Crippen LogP contribution in [0.3, 0.4) is 0 Å². The van der Waals surface area contributed by atoms with Gasteiger partial charge in [0, 0.05) is 11.6 Å². The van der Waals surface area contributed by atoms with Gasteiger partial charge in [-0.15, -0.1) is 0 Å². The fraction of sp³-hybridized carbons (Fsp3) is 0.0769. The summed E-state index contributed by atoms with van der Waals surface area (Å²) in [6, 6.07) is 7.41. The molecule has 4 nitrogen and oxygen atoms in total. The van der Waals surface area contributed by atoms with Gasteiger partial charge >= 0.3 is 0 Å². The Balaban J connectivity index is 2.42. The molecule has 1 N–H and O–H groups in total. The molecule has 0 spiro atoms. The first-order valence-corrected chi connectivity index (χ1v) is 5.14. The standard InChI is InChI=1S/C13H9FN2O2/c1-8-11(6-15)13(16-7-12(8)17)18-10-4-2-3-9(14)5-10/h2-5,7,17H,1H3. The molecule has 0 aliphatic carbocycles. The van der Waals surface area contributed by atoms with Crippen molar-refractivity contribution in [3.8, 4) is 23.4 Å². The van der Waals surface area contributed by atoms with Crippen LogP contribution in [0.5, 0.6) is 17.4 Å². The first-order chi connectivity index (χ1) is 8.61. The monoisotopic (exact) mass is 244 g/mol. The van der Waals surface area contributed by atoms with Gasteiger partial charge in [-0.05, 0) is 19.1 Å². The average molecular weight is 244 g/mol. The Labute approximate surface area is 103 Å². The lowest BCUT2D eigenvalue weighted by Crippen LogP contribution is -1.95. The summed E-state index contributed by atoms with van der Waals surface area (Å²) in [4.78, 5) is 3.82. The Bertz CT molecular complexity index is 635.